The first kappa shape index (κ1) is 12.0. The maximum absolute atomic E-state index is 2.42. The van der Waals surface area contributed by atoms with E-state index in [2.05, 4.69) is 33.1 Å². The molecule has 0 aromatic rings. The van der Waals surface area contributed by atoms with E-state index in [1.165, 1.54) is 45.0 Å². The van der Waals surface area contributed by atoms with Crippen LogP contribution in [-0.4, -0.2) is 32.3 Å². The highest BCUT2D eigenvalue weighted by atomic mass is 15.1. The van der Waals surface area contributed by atoms with Gasteiger partial charge in [0.2, 0.25) is 0 Å². The van der Waals surface area contributed by atoms with Crippen molar-refractivity contribution >= 4 is 7.28 Å². The van der Waals surface area contributed by atoms with Gasteiger partial charge in [-0.15, -0.1) is 0 Å². The lowest BCUT2D eigenvalue weighted by Crippen LogP contribution is -2.20. The molecule has 0 heterocycles. The first-order chi connectivity index (χ1) is 5.81. The smallest absolute Gasteiger partial charge is 0.109 e. The molecule has 0 aromatic heterocycles. The molecule has 12 heavy (non-hydrogen) atoms. The summed E-state index contributed by atoms with van der Waals surface area (Å²) in [6.07, 6.45) is 6.52. The number of unbranched alkanes of at least 4 members (excludes halogenated alkanes) is 1. The fourth-order valence-electron chi connectivity index (χ4n) is 1.37. The van der Waals surface area contributed by atoms with E-state index in [0.717, 1.165) is 0 Å². The van der Waals surface area contributed by atoms with Crippen LogP contribution in [0.4, 0.5) is 0 Å². The summed E-state index contributed by atoms with van der Waals surface area (Å²) < 4.78 is 0. The van der Waals surface area contributed by atoms with E-state index in [0.29, 0.717) is 0 Å². The van der Waals surface area contributed by atoms with Gasteiger partial charge in [0.05, 0.1) is 0 Å². The second-order valence-corrected chi connectivity index (χ2v) is 3.50. The van der Waals surface area contributed by atoms with Crippen molar-refractivity contribution < 1.29 is 0 Å². The van der Waals surface area contributed by atoms with E-state index in [1.54, 1.807) is 0 Å². The summed E-state index contributed by atoms with van der Waals surface area (Å²) in [6, 6.07) is 0. The summed E-state index contributed by atoms with van der Waals surface area (Å²) in [7, 11) is 4.59. The summed E-state index contributed by atoms with van der Waals surface area (Å²) in [5.74, 6) is 0. The van der Waals surface area contributed by atoms with Gasteiger partial charge in [0, 0.05) is 0 Å². The lowest BCUT2D eigenvalue weighted by atomic mass is 9.70. The molecule has 0 fully saturated rings. The third-order valence-electron chi connectivity index (χ3n) is 2.09. The second-order valence-electron chi connectivity index (χ2n) is 3.50. The number of hydrogen-bond donors (Lipinski definition) is 0. The fraction of sp³-hybridized carbons (Fsp3) is 1.00. The molecule has 0 aliphatic carbocycles. The van der Waals surface area contributed by atoms with Crippen LogP contribution in [0.15, 0.2) is 0 Å². The minimum Gasteiger partial charge on any atom is -0.306 e. The van der Waals surface area contributed by atoms with Crippen LogP contribution in [0.1, 0.15) is 33.1 Å². The van der Waals surface area contributed by atoms with E-state index in [4.69, 9.17) is 0 Å². The van der Waals surface area contributed by atoms with Gasteiger partial charge in [-0.25, -0.2) is 0 Å². The first-order valence-electron chi connectivity index (χ1n) is 5.31. The highest BCUT2D eigenvalue weighted by Gasteiger charge is 1.95. The van der Waals surface area contributed by atoms with Crippen molar-refractivity contribution in [2.75, 3.05) is 20.1 Å². The van der Waals surface area contributed by atoms with Crippen LogP contribution < -0.4 is 0 Å². The summed E-state index contributed by atoms with van der Waals surface area (Å²) in [6.45, 7) is 6.97. The van der Waals surface area contributed by atoms with Gasteiger partial charge in [-0.1, -0.05) is 32.9 Å². The highest BCUT2D eigenvalue weighted by Crippen LogP contribution is 1.99. The van der Waals surface area contributed by atoms with Crippen molar-refractivity contribution in [2.45, 2.75) is 45.8 Å². The summed E-state index contributed by atoms with van der Waals surface area (Å²) in [5.41, 5.74) is 0. The molecule has 0 aromatic carbocycles. The largest absolute Gasteiger partial charge is 0.306 e. The van der Waals surface area contributed by atoms with Gasteiger partial charge in [-0.05, 0) is 33.0 Å². The van der Waals surface area contributed by atoms with E-state index in [1.807, 2.05) is 0 Å². The predicted octanol–water partition coefficient (Wildman–Crippen LogP) is 2.67. The van der Waals surface area contributed by atoms with Gasteiger partial charge in [-0.3, -0.25) is 0 Å². The molecule has 1 radical (unpaired) electrons. The van der Waals surface area contributed by atoms with Gasteiger partial charge in [-0.2, -0.15) is 0 Å². The summed E-state index contributed by atoms with van der Waals surface area (Å²) in [5, 5.41) is 0. The van der Waals surface area contributed by atoms with E-state index in [9.17, 15) is 0 Å². The Kier molecular flexibility index (Phi) is 9.13. The van der Waals surface area contributed by atoms with Crippen molar-refractivity contribution in [3.05, 3.63) is 0 Å². The molecule has 0 aliphatic heterocycles. The molecule has 0 rings (SSSR count). The Bertz CT molecular complexity index is 85.9. The Morgan fingerprint density at radius 2 is 1.83 bits per heavy atom. The van der Waals surface area contributed by atoms with Crippen molar-refractivity contribution in [1.29, 1.82) is 0 Å². The number of rotatable bonds is 8. The molecule has 71 valence electrons. The fourth-order valence-corrected chi connectivity index (χ4v) is 1.37. The van der Waals surface area contributed by atoms with Crippen molar-refractivity contribution in [2.24, 2.45) is 0 Å². The molecule has 0 saturated carbocycles. The SMILES string of the molecule is CC[B]CCCCN(C)CCC. The Morgan fingerprint density at radius 1 is 1.08 bits per heavy atom. The van der Waals surface area contributed by atoms with Gasteiger partial charge >= 0.3 is 0 Å². The molecule has 0 atom stereocenters. The van der Waals surface area contributed by atoms with Crippen LogP contribution in [0.25, 0.3) is 0 Å². The molecule has 0 spiro atoms. The zero-order chi connectivity index (χ0) is 9.23. The lowest BCUT2D eigenvalue weighted by Gasteiger charge is -2.14. The topological polar surface area (TPSA) is 3.24 Å². The third-order valence-corrected chi connectivity index (χ3v) is 2.09. The third kappa shape index (κ3) is 8.12. The zero-order valence-corrected chi connectivity index (χ0v) is 8.97. The van der Waals surface area contributed by atoms with Crippen LogP contribution in [-0.2, 0) is 0 Å². The molecule has 0 unspecified atom stereocenters. The van der Waals surface area contributed by atoms with E-state index in [-0.39, 0.29) is 0 Å². The minimum absolute atomic E-state index is 1.23. The molecule has 0 bridgehead atoms. The van der Waals surface area contributed by atoms with Crippen LogP contribution >= 0.6 is 0 Å². The van der Waals surface area contributed by atoms with Crippen molar-refractivity contribution in [3.8, 4) is 0 Å². The average Bonchev–Trinajstić information content (AvgIpc) is 2.05. The molecule has 0 N–H and O–H groups in total. The molecule has 0 saturated heterocycles. The van der Waals surface area contributed by atoms with Crippen molar-refractivity contribution in [3.63, 3.8) is 0 Å². The second kappa shape index (κ2) is 9.12. The van der Waals surface area contributed by atoms with Crippen LogP contribution in [0, 0.1) is 0 Å². The first-order valence-corrected chi connectivity index (χ1v) is 5.31. The van der Waals surface area contributed by atoms with Gasteiger partial charge in [0.25, 0.3) is 0 Å². The Labute approximate surface area is 78.8 Å². The number of hydrogen-bond acceptors (Lipinski definition) is 1. The molecular formula is C10H23BN. The lowest BCUT2D eigenvalue weighted by molar-refractivity contribution is 0.329. The van der Waals surface area contributed by atoms with Gasteiger partial charge in [0.1, 0.15) is 7.28 Å². The molecular weight excluding hydrogens is 145 g/mol. The zero-order valence-electron chi connectivity index (χ0n) is 8.97. The quantitative estimate of drug-likeness (QED) is 0.397. The number of nitrogens with zero attached hydrogens (tertiary/aromatic N) is 1. The molecule has 2 heteroatoms. The highest BCUT2D eigenvalue weighted by molar-refractivity contribution is 6.35. The standard InChI is InChI=1S/C10H23BN/c1-4-9-12(3)10-7-6-8-11-5-2/h4-10H2,1-3H3. The monoisotopic (exact) mass is 168 g/mol. The van der Waals surface area contributed by atoms with Gasteiger partial charge in [0.15, 0.2) is 0 Å². The molecule has 1 nitrogen and oxygen atoms in total. The Balaban J connectivity index is 2.97. The van der Waals surface area contributed by atoms with Crippen LogP contribution in [0.3, 0.4) is 0 Å². The normalized spacial score (nSPS) is 10.7. The maximum Gasteiger partial charge on any atom is 0.109 e. The van der Waals surface area contributed by atoms with E-state index >= 15 is 0 Å². The average molecular weight is 168 g/mol. The molecule has 0 aliphatic rings. The predicted molar refractivity (Wildman–Crippen MR) is 58.1 cm³/mol. The van der Waals surface area contributed by atoms with Gasteiger partial charge < -0.3 is 4.90 Å². The Morgan fingerprint density at radius 3 is 2.42 bits per heavy atom. The minimum atomic E-state index is 1.23. The van der Waals surface area contributed by atoms with Crippen LogP contribution in [0.2, 0.25) is 12.6 Å². The van der Waals surface area contributed by atoms with Crippen LogP contribution in [0.5, 0.6) is 0 Å². The summed E-state index contributed by atoms with van der Waals surface area (Å²) in [4.78, 5) is 2.42. The Hall–Kier alpha value is 0.0249. The summed E-state index contributed by atoms with van der Waals surface area (Å²) >= 11 is 0. The van der Waals surface area contributed by atoms with E-state index < -0.39 is 0 Å². The molecule has 0 amide bonds. The maximum atomic E-state index is 2.42. The van der Waals surface area contributed by atoms with Crippen molar-refractivity contribution in [1.82, 2.24) is 4.90 Å².